The number of rotatable bonds is 4. The standard InChI is InChI=1S/C14H18N2O2S2/c1-19-14(12-15)7-9-16(10-8-14)20(17,18)11-13-5-3-2-4-6-13/h2-6H,7-11H2,1H3. The summed E-state index contributed by atoms with van der Waals surface area (Å²) >= 11 is 1.53. The van der Waals surface area contributed by atoms with Crippen LogP contribution in [0.1, 0.15) is 18.4 Å². The predicted molar refractivity (Wildman–Crippen MR) is 81.7 cm³/mol. The van der Waals surface area contributed by atoms with E-state index in [1.165, 1.54) is 16.1 Å². The maximum absolute atomic E-state index is 12.4. The molecule has 1 fully saturated rings. The molecule has 1 aliphatic rings. The molecule has 4 nitrogen and oxygen atoms in total. The zero-order valence-electron chi connectivity index (χ0n) is 11.4. The van der Waals surface area contributed by atoms with Crippen molar-refractivity contribution in [3.8, 4) is 6.07 Å². The van der Waals surface area contributed by atoms with Gasteiger partial charge >= 0.3 is 0 Å². The average Bonchev–Trinajstić information content (AvgIpc) is 2.48. The highest BCUT2D eigenvalue weighted by atomic mass is 32.2. The number of hydrogen-bond acceptors (Lipinski definition) is 4. The van der Waals surface area contributed by atoms with E-state index in [1.54, 1.807) is 0 Å². The van der Waals surface area contributed by atoms with Gasteiger partial charge in [0.15, 0.2) is 0 Å². The average molecular weight is 310 g/mol. The van der Waals surface area contributed by atoms with Crippen molar-refractivity contribution in [1.29, 1.82) is 5.26 Å². The molecular weight excluding hydrogens is 292 g/mol. The third kappa shape index (κ3) is 3.35. The third-order valence-electron chi connectivity index (χ3n) is 3.71. The Morgan fingerprint density at radius 3 is 2.40 bits per heavy atom. The largest absolute Gasteiger partial charge is 0.218 e. The number of nitriles is 1. The third-order valence-corrected chi connectivity index (χ3v) is 6.84. The van der Waals surface area contributed by atoms with Gasteiger partial charge in [-0.3, -0.25) is 0 Å². The fraction of sp³-hybridized carbons (Fsp3) is 0.500. The van der Waals surface area contributed by atoms with Gasteiger partial charge in [-0.25, -0.2) is 12.7 Å². The van der Waals surface area contributed by atoms with Crippen LogP contribution in [0.15, 0.2) is 30.3 Å². The molecule has 0 amide bonds. The van der Waals surface area contributed by atoms with E-state index in [0.29, 0.717) is 25.9 Å². The topological polar surface area (TPSA) is 61.2 Å². The summed E-state index contributed by atoms with van der Waals surface area (Å²) in [6.07, 6.45) is 3.11. The van der Waals surface area contributed by atoms with Gasteiger partial charge in [0.05, 0.1) is 11.8 Å². The number of hydrogen-bond donors (Lipinski definition) is 0. The van der Waals surface area contributed by atoms with Gasteiger partial charge in [0.2, 0.25) is 10.0 Å². The first-order valence-corrected chi connectivity index (χ1v) is 9.33. The molecule has 0 bridgehead atoms. The lowest BCUT2D eigenvalue weighted by Crippen LogP contribution is -2.44. The highest BCUT2D eigenvalue weighted by molar-refractivity contribution is 8.00. The fourth-order valence-corrected chi connectivity index (χ4v) is 4.58. The van der Waals surface area contributed by atoms with Crippen LogP contribution < -0.4 is 0 Å². The number of sulfonamides is 1. The number of nitrogens with zero attached hydrogens (tertiary/aromatic N) is 2. The highest BCUT2D eigenvalue weighted by Crippen LogP contribution is 2.34. The first-order valence-electron chi connectivity index (χ1n) is 6.49. The summed E-state index contributed by atoms with van der Waals surface area (Å²) in [5.74, 6) is 0.0344. The molecule has 1 aliphatic heterocycles. The summed E-state index contributed by atoms with van der Waals surface area (Å²) in [5.41, 5.74) is 0.800. The predicted octanol–water partition coefficient (Wildman–Crippen LogP) is 2.24. The molecule has 108 valence electrons. The molecule has 1 heterocycles. The molecule has 0 radical (unpaired) electrons. The monoisotopic (exact) mass is 310 g/mol. The maximum atomic E-state index is 12.4. The van der Waals surface area contributed by atoms with Crippen molar-refractivity contribution in [1.82, 2.24) is 4.31 Å². The fourth-order valence-electron chi connectivity index (χ4n) is 2.36. The lowest BCUT2D eigenvalue weighted by atomic mass is 9.99. The summed E-state index contributed by atoms with van der Waals surface area (Å²) in [6, 6.07) is 11.5. The Labute approximate surface area is 124 Å². The van der Waals surface area contributed by atoms with Crippen molar-refractivity contribution >= 4 is 21.8 Å². The van der Waals surface area contributed by atoms with Crippen LogP contribution in [0.5, 0.6) is 0 Å². The Kier molecular flexibility index (Phi) is 4.74. The first kappa shape index (κ1) is 15.4. The summed E-state index contributed by atoms with van der Waals surface area (Å²) in [4.78, 5) is 0. The summed E-state index contributed by atoms with van der Waals surface area (Å²) in [6.45, 7) is 0.868. The minimum Gasteiger partial charge on any atom is -0.212 e. The maximum Gasteiger partial charge on any atom is 0.218 e. The van der Waals surface area contributed by atoms with Gasteiger partial charge < -0.3 is 0 Å². The van der Waals surface area contributed by atoms with E-state index in [4.69, 9.17) is 0 Å². The van der Waals surface area contributed by atoms with Crippen molar-refractivity contribution in [2.24, 2.45) is 0 Å². The molecule has 0 saturated carbocycles. The van der Waals surface area contributed by atoms with Crippen molar-refractivity contribution in [3.05, 3.63) is 35.9 Å². The van der Waals surface area contributed by atoms with Crippen molar-refractivity contribution in [3.63, 3.8) is 0 Å². The van der Waals surface area contributed by atoms with Gasteiger partial charge in [-0.05, 0) is 24.7 Å². The van der Waals surface area contributed by atoms with E-state index in [1.807, 2.05) is 36.6 Å². The Balaban J connectivity index is 2.05. The minimum atomic E-state index is -3.29. The first-order chi connectivity index (χ1) is 9.51. The lowest BCUT2D eigenvalue weighted by molar-refractivity contribution is 0.327. The van der Waals surface area contributed by atoms with E-state index < -0.39 is 14.8 Å². The van der Waals surface area contributed by atoms with Crippen LogP contribution in [0.3, 0.4) is 0 Å². The molecule has 0 N–H and O–H groups in total. The van der Waals surface area contributed by atoms with Crippen LogP contribution in [-0.2, 0) is 15.8 Å². The van der Waals surface area contributed by atoms with Gasteiger partial charge in [0.25, 0.3) is 0 Å². The Morgan fingerprint density at radius 2 is 1.90 bits per heavy atom. The van der Waals surface area contributed by atoms with Crippen LogP contribution in [0.4, 0.5) is 0 Å². The molecule has 0 atom stereocenters. The molecule has 6 heteroatoms. The van der Waals surface area contributed by atoms with Crippen LogP contribution in [0.2, 0.25) is 0 Å². The Bertz CT molecular complexity index is 585. The van der Waals surface area contributed by atoms with Gasteiger partial charge in [-0.2, -0.15) is 5.26 Å². The molecule has 2 rings (SSSR count). The molecule has 20 heavy (non-hydrogen) atoms. The summed E-state index contributed by atoms with van der Waals surface area (Å²) in [7, 11) is -3.29. The van der Waals surface area contributed by atoms with E-state index in [9.17, 15) is 13.7 Å². The minimum absolute atomic E-state index is 0.0344. The van der Waals surface area contributed by atoms with Crippen LogP contribution in [-0.4, -0.2) is 36.8 Å². The van der Waals surface area contributed by atoms with Gasteiger partial charge in [0.1, 0.15) is 4.75 Å². The van der Waals surface area contributed by atoms with E-state index in [-0.39, 0.29) is 5.75 Å². The van der Waals surface area contributed by atoms with Gasteiger partial charge in [-0.15, -0.1) is 11.8 Å². The van der Waals surface area contributed by atoms with Crippen LogP contribution in [0, 0.1) is 11.3 Å². The Morgan fingerprint density at radius 1 is 1.30 bits per heavy atom. The van der Waals surface area contributed by atoms with Gasteiger partial charge in [0, 0.05) is 13.1 Å². The van der Waals surface area contributed by atoms with E-state index in [0.717, 1.165) is 5.56 Å². The zero-order valence-corrected chi connectivity index (χ0v) is 13.1. The van der Waals surface area contributed by atoms with Crippen LogP contribution in [0.25, 0.3) is 0 Å². The molecule has 1 saturated heterocycles. The normalized spacial score (nSPS) is 19.4. The summed E-state index contributed by atoms with van der Waals surface area (Å²) in [5, 5.41) is 9.23. The van der Waals surface area contributed by atoms with Crippen molar-refractivity contribution in [2.75, 3.05) is 19.3 Å². The Hall–Kier alpha value is -1.03. The molecule has 0 aromatic heterocycles. The summed E-state index contributed by atoms with van der Waals surface area (Å²) < 4.78 is 25.9. The molecule has 0 unspecified atom stereocenters. The molecule has 0 spiro atoms. The van der Waals surface area contributed by atoms with E-state index >= 15 is 0 Å². The molecule has 0 aliphatic carbocycles. The number of thioether (sulfide) groups is 1. The number of piperidine rings is 1. The molecule has 1 aromatic rings. The smallest absolute Gasteiger partial charge is 0.212 e. The van der Waals surface area contributed by atoms with Crippen molar-refractivity contribution < 1.29 is 8.42 Å². The SMILES string of the molecule is CSC1(C#N)CCN(S(=O)(=O)Cc2ccccc2)CC1. The second-order valence-electron chi connectivity index (χ2n) is 4.95. The highest BCUT2D eigenvalue weighted by Gasteiger charge is 2.37. The van der Waals surface area contributed by atoms with Crippen molar-refractivity contribution in [2.45, 2.75) is 23.3 Å². The van der Waals surface area contributed by atoms with E-state index in [2.05, 4.69) is 6.07 Å². The molecular formula is C14H18N2O2S2. The zero-order chi connectivity index (χ0) is 14.6. The quantitative estimate of drug-likeness (QED) is 0.855. The second-order valence-corrected chi connectivity index (χ2v) is 8.11. The lowest BCUT2D eigenvalue weighted by Gasteiger charge is -2.35. The van der Waals surface area contributed by atoms with Gasteiger partial charge in [-0.1, -0.05) is 30.3 Å². The number of benzene rings is 1. The van der Waals surface area contributed by atoms with Crippen LogP contribution >= 0.6 is 11.8 Å². The molecule has 1 aromatic carbocycles. The second kappa shape index (κ2) is 6.17.